The van der Waals surface area contributed by atoms with E-state index in [1.807, 2.05) is 39.8 Å². The van der Waals surface area contributed by atoms with Crippen LogP contribution in [-0.4, -0.2) is 26.7 Å². The summed E-state index contributed by atoms with van der Waals surface area (Å²) >= 11 is 3.36. The molecule has 2 rings (SSSR count). The number of aromatic nitrogens is 3. The van der Waals surface area contributed by atoms with E-state index in [1.165, 1.54) is 0 Å². The molecule has 0 unspecified atom stereocenters. The Morgan fingerprint density at radius 2 is 1.95 bits per heavy atom. The van der Waals surface area contributed by atoms with Crippen LogP contribution in [0.2, 0.25) is 0 Å². The van der Waals surface area contributed by atoms with E-state index in [4.69, 9.17) is 0 Å². The lowest BCUT2D eigenvalue weighted by atomic mass is 10.2. The third kappa shape index (κ3) is 3.32. The molecule has 2 aromatic rings. The predicted octanol–water partition coefficient (Wildman–Crippen LogP) is 3.68. The fourth-order valence-corrected chi connectivity index (χ4v) is 2.37. The molecule has 1 amide bonds. The minimum Gasteiger partial charge on any atom is -0.289 e. The number of anilines is 1. The number of pyridine rings is 1. The van der Waals surface area contributed by atoms with E-state index < -0.39 is 0 Å². The van der Waals surface area contributed by atoms with Crippen LogP contribution in [0.1, 0.15) is 44.2 Å². The molecule has 0 saturated heterocycles. The third-order valence-electron chi connectivity index (χ3n) is 3.07. The first kappa shape index (κ1) is 15.7. The standard InChI is InChI=1S/C15H19BrN4O/c1-10(2)19(14-6-5-12(16)9-17-14)15(21)13-7-8-18-20(13)11(3)4/h5-11H,1-4H3. The summed E-state index contributed by atoms with van der Waals surface area (Å²) in [7, 11) is 0. The molecule has 2 heterocycles. The predicted molar refractivity (Wildman–Crippen MR) is 86.5 cm³/mol. The normalized spacial score (nSPS) is 11.2. The quantitative estimate of drug-likeness (QED) is 0.844. The Labute approximate surface area is 133 Å². The zero-order valence-electron chi connectivity index (χ0n) is 12.6. The van der Waals surface area contributed by atoms with E-state index in [9.17, 15) is 4.79 Å². The van der Waals surface area contributed by atoms with Gasteiger partial charge in [-0.05, 0) is 61.8 Å². The summed E-state index contributed by atoms with van der Waals surface area (Å²) in [5, 5.41) is 4.23. The highest BCUT2D eigenvalue weighted by Crippen LogP contribution is 2.20. The summed E-state index contributed by atoms with van der Waals surface area (Å²) in [5.41, 5.74) is 0.573. The Kier molecular flexibility index (Phi) is 4.77. The zero-order valence-corrected chi connectivity index (χ0v) is 14.2. The highest BCUT2D eigenvalue weighted by Gasteiger charge is 2.25. The van der Waals surface area contributed by atoms with Crippen molar-refractivity contribution in [2.24, 2.45) is 0 Å². The lowest BCUT2D eigenvalue weighted by Crippen LogP contribution is -2.39. The van der Waals surface area contributed by atoms with E-state index in [2.05, 4.69) is 26.0 Å². The molecule has 0 aliphatic heterocycles. The maximum absolute atomic E-state index is 12.9. The molecule has 0 spiro atoms. The SMILES string of the molecule is CC(C)N(C(=O)c1ccnn1C(C)C)c1ccc(Br)cn1. The molecule has 21 heavy (non-hydrogen) atoms. The van der Waals surface area contributed by atoms with Crippen LogP contribution >= 0.6 is 15.9 Å². The van der Waals surface area contributed by atoms with Crippen molar-refractivity contribution in [3.05, 3.63) is 40.8 Å². The van der Waals surface area contributed by atoms with E-state index in [1.54, 1.807) is 28.0 Å². The molecule has 0 saturated carbocycles. The number of carbonyl (C=O) groups excluding carboxylic acids is 1. The summed E-state index contributed by atoms with van der Waals surface area (Å²) in [6.07, 6.45) is 3.35. The van der Waals surface area contributed by atoms with Gasteiger partial charge in [0.05, 0.1) is 0 Å². The van der Waals surface area contributed by atoms with Crippen molar-refractivity contribution in [3.8, 4) is 0 Å². The Hall–Kier alpha value is -1.69. The van der Waals surface area contributed by atoms with E-state index in [0.29, 0.717) is 11.5 Å². The van der Waals surface area contributed by atoms with Gasteiger partial charge in [0.1, 0.15) is 11.5 Å². The second-order valence-corrected chi connectivity index (χ2v) is 6.27. The lowest BCUT2D eigenvalue weighted by Gasteiger charge is -2.26. The molecule has 0 radical (unpaired) electrons. The number of rotatable bonds is 4. The molecule has 0 N–H and O–H groups in total. The molecule has 112 valence electrons. The van der Waals surface area contributed by atoms with Gasteiger partial charge >= 0.3 is 0 Å². The first-order valence-electron chi connectivity index (χ1n) is 6.90. The fourth-order valence-electron chi connectivity index (χ4n) is 2.13. The topological polar surface area (TPSA) is 51.0 Å². The van der Waals surface area contributed by atoms with Gasteiger partial charge in [0.15, 0.2) is 0 Å². The summed E-state index contributed by atoms with van der Waals surface area (Å²) in [4.78, 5) is 18.9. The average Bonchev–Trinajstić information content (AvgIpc) is 2.90. The number of hydrogen-bond donors (Lipinski definition) is 0. The smallest absolute Gasteiger partial charge is 0.277 e. The van der Waals surface area contributed by atoms with Crippen molar-refractivity contribution in [2.45, 2.75) is 39.8 Å². The van der Waals surface area contributed by atoms with Crippen molar-refractivity contribution >= 4 is 27.7 Å². The van der Waals surface area contributed by atoms with Gasteiger partial charge in [-0.15, -0.1) is 0 Å². The Balaban J connectivity index is 2.40. The van der Waals surface area contributed by atoms with Crippen molar-refractivity contribution in [1.29, 1.82) is 0 Å². The monoisotopic (exact) mass is 350 g/mol. The van der Waals surface area contributed by atoms with Crippen LogP contribution in [0.4, 0.5) is 5.82 Å². The number of carbonyl (C=O) groups is 1. The van der Waals surface area contributed by atoms with Crippen molar-refractivity contribution < 1.29 is 4.79 Å². The molecule has 2 aromatic heterocycles. The van der Waals surface area contributed by atoms with Crippen molar-refractivity contribution in [2.75, 3.05) is 4.90 Å². The van der Waals surface area contributed by atoms with Crippen LogP contribution in [0.15, 0.2) is 35.1 Å². The Morgan fingerprint density at radius 3 is 2.48 bits per heavy atom. The first-order valence-corrected chi connectivity index (χ1v) is 7.69. The van der Waals surface area contributed by atoms with Crippen molar-refractivity contribution in [3.63, 3.8) is 0 Å². The molecular weight excluding hydrogens is 332 g/mol. The maximum Gasteiger partial charge on any atom is 0.277 e. The van der Waals surface area contributed by atoms with Gasteiger partial charge < -0.3 is 0 Å². The molecule has 5 nitrogen and oxygen atoms in total. The zero-order chi connectivity index (χ0) is 15.6. The van der Waals surface area contributed by atoms with Gasteiger partial charge in [-0.2, -0.15) is 5.10 Å². The summed E-state index contributed by atoms with van der Waals surface area (Å²) in [5.74, 6) is 0.542. The minimum absolute atomic E-state index is 0.00156. The number of halogens is 1. The molecule has 0 aromatic carbocycles. The van der Waals surface area contributed by atoms with E-state index in [0.717, 1.165) is 4.47 Å². The van der Waals surface area contributed by atoms with Crippen LogP contribution < -0.4 is 4.90 Å². The lowest BCUT2D eigenvalue weighted by molar-refractivity contribution is 0.0967. The van der Waals surface area contributed by atoms with E-state index in [-0.39, 0.29) is 18.0 Å². The van der Waals surface area contributed by atoms with Gasteiger partial charge in [-0.1, -0.05) is 0 Å². The second-order valence-electron chi connectivity index (χ2n) is 5.36. The molecule has 0 bridgehead atoms. The van der Waals surface area contributed by atoms with Crippen LogP contribution in [-0.2, 0) is 0 Å². The maximum atomic E-state index is 12.9. The Bertz CT molecular complexity index is 619. The molecule has 6 heteroatoms. The molecule has 0 fully saturated rings. The first-order chi connectivity index (χ1) is 9.91. The molecular formula is C15H19BrN4O. The largest absolute Gasteiger partial charge is 0.289 e. The highest BCUT2D eigenvalue weighted by atomic mass is 79.9. The summed E-state index contributed by atoms with van der Waals surface area (Å²) in [6, 6.07) is 5.59. The number of amides is 1. The van der Waals surface area contributed by atoms with Gasteiger partial charge in [0.25, 0.3) is 5.91 Å². The second kappa shape index (κ2) is 6.39. The highest BCUT2D eigenvalue weighted by molar-refractivity contribution is 9.10. The summed E-state index contributed by atoms with van der Waals surface area (Å²) in [6.45, 7) is 7.94. The van der Waals surface area contributed by atoms with Gasteiger partial charge in [-0.25, -0.2) is 4.98 Å². The molecule has 0 aliphatic carbocycles. The van der Waals surface area contributed by atoms with Crippen LogP contribution in [0, 0.1) is 0 Å². The van der Waals surface area contributed by atoms with Gasteiger partial charge in [0.2, 0.25) is 0 Å². The Morgan fingerprint density at radius 1 is 1.24 bits per heavy atom. The van der Waals surface area contributed by atoms with Gasteiger partial charge in [-0.3, -0.25) is 14.4 Å². The van der Waals surface area contributed by atoms with Crippen LogP contribution in [0.25, 0.3) is 0 Å². The number of hydrogen-bond acceptors (Lipinski definition) is 3. The van der Waals surface area contributed by atoms with Crippen LogP contribution in [0.5, 0.6) is 0 Å². The van der Waals surface area contributed by atoms with E-state index >= 15 is 0 Å². The van der Waals surface area contributed by atoms with Gasteiger partial charge in [0, 0.05) is 29.0 Å². The minimum atomic E-state index is -0.0916. The van der Waals surface area contributed by atoms with Crippen molar-refractivity contribution in [1.82, 2.24) is 14.8 Å². The molecule has 0 aliphatic rings. The van der Waals surface area contributed by atoms with Crippen LogP contribution in [0.3, 0.4) is 0 Å². The molecule has 0 atom stereocenters. The average molecular weight is 351 g/mol. The third-order valence-corrected chi connectivity index (χ3v) is 3.54. The fraction of sp³-hybridized carbons (Fsp3) is 0.400. The number of nitrogens with zero attached hydrogens (tertiary/aromatic N) is 4. The summed E-state index contributed by atoms with van der Waals surface area (Å²) < 4.78 is 2.62.